The molecular weight excluding hydrogens is 256 g/mol. The third-order valence-electron chi connectivity index (χ3n) is 2.93. The molecule has 3 aromatic heterocycles. The first-order valence-electron chi connectivity index (χ1n) is 6.23. The molecule has 3 heterocycles. The summed E-state index contributed by atoms with van der Waals surface area (Å²) in [4.78, 5) is 12.4. The highest BCUT2D eigenvalue weighted by atomic mass is 16.5. The van der Waals surface area contributed by atoms with Gasteiger partial charge in [0.25, 0.3) is 0 Å². The van der Waals surface area contributed by atoms with Gasteiger partial charge >= 0.3 is 0 Å². The van der Waals surface area contributed by atoms with Gasteiger partial charge in [0.1, 0.15) is 5.82 Å². The number of hydrogen-bond acceptors (Lipinski definition) is 6. The molecule has 0 aromatic carbocycles. The van der Waals surface area contributed by atoms with Gasteiger partial charge in [0.15, 0.2) is 5.82 Å². The molecule has 0 radical (unpaired) electrons. The summed E-state index contributed by atoms with van der Waals surface area (Å²) in [6, 6.07) is 3.73. The molecule has 20 heavy (non-hydrogen) atoms. The summed E-state index contributed by atoms with van der Waals surface area (Å²) in [7, 11) is 0. The van der Waals surface area contributed by atoms with Crippen LogP contribution in [0.25, 0.3) is 11.3 Å². The third kappa shape index (κ3) is 2.51. The first kappa shape index (κ1) is 12.3. The van der Waals surface area contributed by atoms with Gasteiger partial charge in [-0.1, -0.05) is 5.16 Å². The van der Waals surface area contributed by atoms with Crippen molar-refractivity contribution in [3.8, 4) is 11.3 Å². The second kappa shape index (κ2) is 5.12. The van der Waals surface area contributed by atoms with Gasteiger partial charge in [0.05, 0.1) is 18.2 Å². The molecule has 0 atom stereocenters. The van der Waals surface area contributed by atoms with E-state index in [0.29, 0.717) is 30.5 Å². The zero-order valence-electron chi connectivity index (χ0n) is 11.0. The topological polar surface area (TPSA) is 95.7 Å². The van der Waals surface area contributed by atoms with Crippen LogP contribution in [0.2, 0.25) is 0 Å². The molecule has 0 bridgehead atoms. The molecule has 102 valence electrons. The molecule has 0 fully saturated rings. The van der Waals surface area contributed by atoms with Gasteiger partial charge in [-0.25, -0.2) is 9.97 Å². The SMILES string of the molecule is Cc1noc(CCn2cncc2-c2ccnc(N)c2)n1. The largest absolute Gasteiger partial charge is 0.384 e. The minimum Gasteiger partial charge on any atom is -0.384 e. The van der Waals surface area contributed by atoms with Crippen molar-refractivity contribution in [3.63, 3.8) is 0 Å². The Balaban J connectivity index is 1.80. The second-order valence-electron chi connectivity index (χ2n) is 4.43. The number of hydrogen-bond donors (Lipinski definition) is 1. The number of aromatic nitrogens is 5. The molecule has 3 rings (SSSR count). The van der Waals surface area contributed by atoms with Crippen LogP contribution >= 0.6 is 0 Å². The van der Waals surface area contributed by atoms with Crippen molar-refractivity contribution in [2.75, 3.05) is 5.73 Å². The first-order chi connectivity index (χ1) is 9.72. The molecule has 0 spiro atoms. The van der Waals surface area contributed by atoms with E-state index < -0.39 is 0 Å². The van der Waals surface area contributed by atoms with Crippen LogP contribution in [0, 0.1) is 6.92 Å². The normalized spacial score (nSPS) is 10.8. The van der Waals surface area contributed by atoms with Gasteiger partial charge in [-0.2, -0.15) is 4.98 Å². The van der Waals surface area contributed by atoms with Crippen LogP contribution in [0.1, 0.15) is 11.7 Å². The van der Waals surface area contributed by atoms with E-state index in [9.17, 15) is 0 Å². The number of nitrogens with zero attached hydrogens (tertiary/aromatic N) is 5. The monoisotopic (exact) mass is 270 g/mol. The molecule has 0 unspecified atom stereocenters. The fourth-order valence-corrected chi connectivity index (χ4v) is 2.00. The summed E-state index contributed by atoms with van der Waals surface area (Å²) in [6.07, 6.45) is 5.91. The molecule has 0 aliphatic rings. The molecule has 0 aliphatic heterocycles. The lowest BCUT2D eigenvalue weighted by Crippen LogP contribution is -2.02. The molecule has 0 aliphatic carbocycles. The number of imidazole rings is 1. The zero-order valence-corrected chi connectivity index (χ0v) is 11.0. The quantitative estimate of drug-likeness (QED) is 0.771. The Bertz CT molecular complexity index is 717. The lowest BCUT2D eigenvalue weighted by atomic mass is 10.2. The van der Waals surface area contributed by atoms with Crippen LogP contribution < -0.4 is 5.73 Å². The molecular formula is C13H14N6O. The van der Waals surface area contributed by atoms with Crippen molar-refractivity contribution >= 4 is 5.82 Å². The van der Waals surface area contributed by atoms with E-state index in [1.54, 1.807) is 25.6 Å². The van der Waals surface area contributed by atoms with E-state index in [-0.39, 0.29) is 0 Å². The zero-order chi connectivity index (χ0) is 13.9. The Labute approximate surface area is 115 Å². The van der Waals surface area contributed by atoms with Crippen LogP contribution in [0.15, 0.2) is 35.4 Å². The van der Waals surface area contributed by atoms with Crippen LogP contribution in [-0.4, -0.2) is 24.7 Å². The third-order valence-corrected chi connectivity index (χ3v) is 2.93. The van der Waals surface area contributed by atoms with E-state index in [1.807, 2.05) is 16.7 Å². The average molecular weight is 270 g/mol. The summed E-state index contributed by atoms with van der Waals surface area (Å²) in [5.41, 5.74) is 7.67. The smallest absolute Gasteiger partial charge is 0.228 e. The van der Waals surface area contributed by atoms with Crippen molar-refractivity contribution < 1.29 is 4.52 Å². The summed E-state index contributed by atoms with van der Waals surface area (Å²) in [5.74, 6) is 1.76. The van der Waals surface area contributed by atoms with Crippen molar-refractivity contribution in [2.24, 2.45) is 0 Å². The highest BCUT2D eigenvalue weighted by Crippen LogP contribution is 2.20. The van der Waals surface area contributed by atoms with Crippen molar-refractivity contribution in [1.82, 2.24) is 24.7 Å². The molecule has 0 amide bonds. The lowest BCUT2D eigenvalue weighted by molar-refractivity contribution is 0.368. The van der Waals surface area contributed by atoms with Crippen molar-refractivity contribution in [2.45, 2.75) is 19.9 Å². The average Bonchev–Trinajstić information content (AvgIpc) is 3.05. The van der Waals surface area contributed by atoms with Crippen LogP contribution in [0.5, 0.6) is 0 Å². The molecule has 7 nitrogen and oxygen atoms in total. The Kier molecular flexibility index (Phi) is 3.16. The fraction of sp³-hybridized carbons (Fsp3) is 0.231. The Morgan fingerprint density at radius 2 is 2.30 bits per heavy atom. The van der Waals surface area contributed by atoms with Crippen LogP contribution in [0.4, 0.5) is 5.82 Å². The number of pyridine rings is 1. The highest BCUT2D eigenvalue weighted by Gasteiger charge is 2.08. The number of rotatable bonds is 4. The van der Waals surface area contributed by atoms with Gasteiger partial charge in [0.2, 0.25) is 5.89 Å². The Hall–Kier alpha value is -2.70. The van der Waals surface area contributed by atoms with E-state index in [2.05, 4.69) is 20.1 Å². The minimum atomic E-state index is 0.489. The van der Waals surface area contributed by atoms with E-state index in [1.165, 1.54) is 0 Å². The summed E-state index contributed by atoms with van der Waals surface area (Å²) < 4.78 is 7.12. The molecule has 0 saturated heterocycles. The molecule has 3 aromatic rings. The van der Waals surface area contributed by atoms with Gasteiger partial charge in [-0.05, 0) is 19.1 Å². The maximum Gasteiger partial charge on any atom is 0.228 e. The van der Waals surface area contributed by atoms with Gasteiger partial charge in [-0.3, -0.25) is 0 Å². The predicted octanol–water partition coefficient (Wildman–Crippen LogP) is 1.46. The Morgan fingerprint density at radius 1 is 1.40 bits per heavy atom. The van der Waals surface area contributed by atoms with Gasteiger partial charge < -0.3 is 14.8 Å². The summed E-state index contributed by atoms with van der Waals surface area (Å²) in [5, 5.41) is 3.77. The molecule has 2 N–H and O–H groups in total. The maximum atomic E-state index is 5.71. The second-order valence-corrected chi connectivity index (χ2v) is 4.43. The van der Waals surface area contributed by atoms with Gasteiger partial charge in [-0.15, -0.1) is 0 Å². The van der Waals surface area contributed by atoms with E-state index >= 15 is 0 Å². The fourth-order valence-electron chi connectivity index (χ4n) is 2.00. The standard InChI is InChI=1S/C13H14N6O/c1-9-17-13(20-18-9)3-5-19-8-15-7-11(19)10-2-4-16-12(14)6-10/h2,4,6-8H,3,5H2,1H3,(H2,14,16). The first-order valence-corrected chi connectivity index (χ1v) is 6.23. The van der Waals surface area contributed by atoms with Crippen molar-refractivity contribution in [1.29, 1.82) is 0 Å². The van der Waals surface area contributed by atoms with E-state index in [0.717, 1.165) is 11.3 Å². The van der Waals surface area contributed by atoms with Crippen molar-refractivity contribution in [3.05, 3.63) is 42.6 Å². The minimum absolute atomic E-state index is 0.489. The molecule has 7 heteroatoms. The maximum absolute atomic E-state index is 5.71. The van der Waals surface area contributed by atoms with E-state index in [4.69, 9.17) is 10.3 Å². The van der Waals surface area contributed by atoms with Gasteiger partial charge in [0, 0.05) is 24.7 Å². The lowest BCUT2D eigenvalue weighted by Gasteiger charge is -2.07. The number of aryl methyl sites for hydroxylation is 3. The summed E-state index contributed by atoms with van der Waals surface area (Å²) in [6.45, 7) is 2.51. The van der Waals surface area contributed by atoms with Crippen LogP contribution in [-0.2, 0) is 13.0 Å². The number of nitrogens with two attached hydrogens (primary N) is 1. The predicted molar refractivity (Wildman–Crippen MR) is 72.6 cm³/mol. The summed E-state index contributed by atoms with van der Waals surface area (Å²) >= 11 is 0. The Morgan fingerprint density at radius 3 is 3.05 bits per heavy atom. The number of nitrogen functional groups attached to an aromatic ring is 1. The highest BCUT2D eigenvalue weighted by molar-refractivity contribution is 5.61. The van der Waals surface area contributed by atoms with Crippen LogP contribution in [0.3, 0.4) is 0 Å². The number of anilines is 1. The molecule has 0 saturated carbocycles.